The molecule has 4 nitrogen and oxygen atoms in total. The molecule has 0 aliphatic heterocycles. The van der Waals surface area contributed by atoms with Crippen LogP contribution in [0.25, 0.3) is 21.8 Å². The van der Waals surface area contributed by atoms with Crippen molar-refractivity contribution < 1.29 is 6.15 Å². The second-order valence-corrected chi connectivity index (χ2v) is 17.5. The molecule has 6 aromatic rings. The molecule has 0 saturated carbocycles. The molecule has 2 heterocycles. The summed E-state index contributed by atoms with van der Waals surface area (Å²) in [5.74, 6) is 1.54. The van der Waals surface area contributed by atoms with Gasteiger partial charge < -0.3 is 0 Å². The fourth-order valence-corrected chi connectivity index (χ4v) is 14.2. The molecule has 2 aromatic heterocycles. The third-order valence-corrected chi connectivity index (χ3v) is 15.2. The summed E-state index contributed by atoms with van der Waals surface area (Å²) in [6.45, 7) is 0. The van der Waals surface area contributed by atoms with Crippen LogP contribution >= 0.6 is 0 Å². The molecule has 0 fully saturated rings. The van der Waals surface area contributed by atoms with Crippen molar-refractivity contribution in [1.29, 1.82) is 0 Å². The van der Waals surface area contributed by atoms with E-state index in [1.54, 1.807) is 0 Å². The van der Waals surface area contributed by atoms with Crippen LogP contribution in [0.3, 0.4) is 0 Å². The Kier molecular flexibility index (Phi) is 6.74. The molecule has 4 aromatic carbocycles. The molecule has 180 valence electrons. The van der Waals surface area contributed by atoms with Gasteiger partial charge in [0.25, 0.3) is 0 Å². The Morgan fingerprint density at radius 1 is 0.459 bits per heavy atom. The predicted octanol–water partition coefficient (Wildman–Crippen LogP) is 7.25. The van der Waals surface area contributed by atoms with Crippen LogP contribution in [-0.4, -0.2) is 29.2 Å². The van der Waals surface area contributed by atoms with Gasteiger partial charge in [-0.3, -0.25) is 0 Å². The summed E-state index contributed by atoms with van der Waals surface area (Å²) >= 11 is -4.10. The van der Waals surface area contributed by atoms with Crippen molar-refractivity contribution in [2.24, 2.45) is 0 Å². The Hall–Kier alpha value is -3.90. The minimum absolute atomic E-state index is 0.733. The summed E-state index contributed by atoms with van der Waals surface area (Å²) in [6, 6.07) is 41.3. The maximum absolute atomic E-state index is 7.17. The van der Waals surface area contributed by atoms with Crippen LogP contribution in [0.4, 0.5) is 0 Å². The van der Waals surface area contributed by atoms with E-state index in [1.165, 1.54) is 11.1 Å². The molecule has 0 radical (unpaired) electrons. The van der Waals surface area contributed by atoms with E-state index in [4.69, 9.17) is 6.15 Å². The van der Waals surface area contributed by atoms with Crippen LogP contribution in [0.1, 0.15) is 11.1 Å². The Morgan fingerprint density at radius 2 is 0.892 bits per heavy atom. The molecule has 0 atom stereocenters. The summed E-state index contributed by atoms with van der Waals surface area (Å²) in [6.07, 6.45) is 3.63. The SMILES string of the molecule is c1ccc([CH2][Sn]([CH2]c2ccccc2)([O]c2cccc3cccnc23)[O]c2cccc3cccnc23)cc1. The number of hydrogen-bond acceptors (Lipinski definition) is 4. The van der Waals surface area contributed by atoms with Crippen molar-refractivity contribution >= 4 is 41.0 Å². The first-order valence-corrected chi connectivity index (χ1v) is 18.8. The van der Waals surface area contributed by atoms with E-state index >= 15 is 0 Å². The van der Waals surface area contributed by atoms with Gasteiger partial charge in [0, 0.05) is 0 Å². The Bertz CT molecular complexity index is 1510. The molecule has 0 saturated heterocycles. The molecule has 0 aliphatic rings. The van der Waals surface area contributed by atoms with E-state index in [-0.39, 0.29) is 0 Å². The molecule has 37 heavy (non-hydrogen) atoms. The fraction of sp³-hybridized carbons (Fsp3) is 0.0625. The maximum atomic E-state index is 7.17. The van der Waals surface area contributed by atoms with Crippen LogP contribution in [0, 0.1) is 0 Å². The zero-order chi connectivity index (χ0) is 24.9. The van der Waals surface area contributed by atoms with E-state index in [9.17, 15) is 0 Å². The fourth-order valence-electron chi connectivity index (χ4n) is 4.76. The number of hydrogen-bond donors (Lipinski definition) is 0. The van der Waals surface area contributed by atoms with Crippen LogP contribution < -0.4 is 6.15 Å². The number of pyridine rings is 2. The van der Waals surface area contributed by atoms with Crippen molar-refractivity contribution in [2.75, 3.05) is 0 Å². The molecule has 0 bridgehead atoms. The van der Waals surface area contributed by atoms with Gasteiger partial charge in [0.05, 0.1) is 0 Å². The average Bonchev–Trinajstić information content (AvgIpc) is 2.95. The van der Waals surface area contributed by atoms with Gasteiger partial charge in [0.2, 0.25) is 0 Å². The van der Waals surface area contributed by atoms with Crippen LogP contribution in [0.15, 0.2) is 134 Å². The number of rotatable bonds is 8. The summed E-state index contributed by atoms with van der Waals surface area (Å²) in [5.41, 5.74) is 4.12. The molecule has 0 aliphatic carbocycles. The molecule has 5 heteroatoms. The number of benzene rings is 4. The van der Waals surface area contributed by atoms with Crippen molar-refractivity contribution in [3.63, 3.8) is 0 Å². The number of aromatic nitrogens is 2. The molecule has 0 N–H and O–H groups in total. The van der Waals surface area contributed by atoms with E-state index in [2.05, 4.69) is 82.8 Å². The van der Waals surface area contributed by atoms with Crippen molar-refractivity contribution in [1.82, 2.24) is 9.97 Å². The van der Waals surface area contributed by atoms with Gasteiger partial charge in [0.15, 0.2) is 0 Å². The first kappa shape index (κ1) is 23.5. The van der Waals surface area contributed by atoms with Gasteiger partial charge >= 0.3 is 222 Å². The Balaban J connectivity index is 1.52. The Morgan fingerprint density at radius 3 is 1.35 bits per heavy atom. The second-order valence-electron chi connectivity index (χ2n) is 9.10. The first-order chi connectivity index (χ1) is 18.3. The summed E-state index contributed by atoms with van der Waals surface area (Å²) in [4.78, 5) is 9.35. The number of nitrogens with zero attached hydrogens (tertiary/aromatic N) is 2. The van der Waals surface area contributed by atoms with Gasteiger partial charge in [-0.1, -0.05) is 0 Å². The topological polar surface area (TPSA) is 44.2 Å². The molecular weight excluding hydrogens is 563 g/mol. The zero-order valence-electron chi connectivity index (χ0n) is 20.3. The normalized spacial score (nSPS) is 11.5. The monoisotopic (exact) mass is 590 g/mol. The van der Waals surface area contributed by atoms with Crippen molar-refractivity contribution in [2.45, 2.75) is 8.87 Å². The van der Waals surface area contributed by atoms with Crippen LogP contribution in [0.5, 0.6) is 11.5 Å². The van der Waals surface area contributed by atoms with Crippen LogP contribution in [-0.2, 0) is 8.87 Å². The van der Waals surface area contributed by atoms with Gasteiger partial charge in [-0.15, -0.1) is 0 Å². The first-order valence-electron chi connectivity index (χ1n) is 12.4. The second kappa shape index (κ2) is 10.6. The third-order valence-electron chi connectivity index (χ3n) is 6.42. The minimum atomic E-state index is -4.10. The van der Waals surface area contributed by atoms with E-state index in [1.807, 2.05) is 60.9 Å². The van der Waals surface area contributed by atoms with Gasteiger partial charge in [-0.25, -0.2) is 0 Å². The number of para-hydroxylation sites is 2. The van der Waals surface area contributed by atoms with Gasteiger partial charge in [-0.2, -0.15) is 0 Å². The summed E-state index contributed by atoms with van der Waals surface area (Å²) in [5, 5.41) is 2.10. The summed E-state index contributed by atoms with van der Waals surface area (Å²) in [7, 11) is 0. The summed E-state index contributed by atoms with van der Waals surface area (Å²) < 4.78 is 15.8. The standard InChI is InChI=1S/2C9H7NO.2C7H7.Sn/c2*11-8-5-1-3-7-4-2-6-10-9(7)8;2*1-7-5-3-2-4-6-7;/h2*1-6,11H;2*2-6H,1H2;/q;;;;+2/p-2. The molecule has 0 spiro atoms. The van der Waals surface area contributed by atoms with E-state index in [0.717, 1.165) is 42.2 Å². The average molecular weight is 589 g/mol. The van der Waals surface area contributed by atoms with Gasteiger partial charge in [0.1, 0.15) is 0 Å². The van der Waals surface area contributed by atoms with E-state index in [0.29, 0.717) is 0 Å². The molecular formula is C32H26N2O2Sn. The molecule has 0 unspecified atom stereocenters. The van der Waals surface area contributed by atoms with Crippen LogP contribution in [0.2, 0.25) is 0 Å². The molecule has 6 rings (SSSR count). The number of fused-ring (bicyclic) bond motifs is 2. The van der Waals surface area contributed by atoms with Crippen molar-refractivity contribution in [3.05, 3.63) is 145 Å². The van der Waals surface area contributed by atoms with Gasteiger partial charge in [-0.05, 0) is 0 Å². The quantitative estimate of drug-likeness (QED) is 0.176. The zero-order valence-corrected chi connectivity index (χ0v) is 23.2. The Labute approximate surface area is 221 Å². The molecule has 0 amide bonds. The third kappa shape index (κ3) is 5.30. The van der Waals surface area contributed by atoms with E-state index < -0.39 is 19.2 Å². The predicted molar refractivity (Wildman–Crippen MR) is 151 cm³/mol. The van der Waals surface area contributed by atoms with Crippen molar-refractivity contribution in [3.8, 4) is 11.5 Å².